The van der Waals surface area contributed by atoms with Gasteiger partial charge in [0, 0.05) is 24.5 Å². The molecule has 3 rings (SSSR count). The van der Waals surface area contributed by atoms with Crippen LogP contribution in [0.3, 0.4) is 0 Å². The third-order valence-electron chi connectivity index (χ3n) is 5.30. The van der Waals surface area contributed by atoms with Gasteiger partial charge in [-0.3, -0.25) is 4.79 Å². The Bertz CT molecular complexity index is 1100. The van der Waals surface area contributed by atoms with E-state index in [1.54, 1.807) is 31.2 Å². The average molecular weight is 545 g/mol. The highest BCUT2D eigenvalue weighted by atomic mass is 32.3. The molecule has 1 heterocycles. The smallest absolute Gasteiger partial charge is 0.335 e. The van der Waals surface area contributed by atoms with E-state index in [1.807, 2.05) is 0 Å². The van der Waals surface area contributed by atoms with Crippen molar-refractivity contribution in [1.29, 1.82) is 0 Å². The largest absolute Gasteiger partial charge is 0.478 e. The summed E-state index contributed by atoms with van der Waals surface area (Å²) in [5, 5.41) is 17.6. The van der Waals surface area contributed by atoms with E-state index < -0.39 is 33.8 Å². The van der Waals surface area contributed by atoms with Crippen molar-refractivity contribution in [3.8, 4) is 0 Å². The van der Waals surface area contributed by atoms with Gasteiger partial charge < -0.3 is 42.6 Å². The molecule has 1 aliphatic heterocycles. The number of anilines is 3. The summed E-state index contributed by atoms with van der Waals surface area (Å²) in [5.41, 5.74) is 2.10. The second kappa shape index (κ2) is 11.0. The zero-order chi connectivity index (χ0) is 26.7. The van der Waals surface area contributed by atoms with Gasteiger partial charge in [0.2, 0.25) is 0 Å². The third-order valence-corrected chi connectivity index (χ3v) is 6.76. The minimum Gasteiger partial charge on any atom is -0.478 e. The Hall–Kier alpha value is -2.89. The van der Waals surface area contributed by atoms with Crippen molar-refractivity contribution in [1.82, 2.24) is 0 Å². The first-order valence-corrected chi connectivity index (χ1v) is 13.9. The molecule has 2 aromatic carbocycles. The van der Waals surface area contributed by atoms with Gasteiger partial charge in [-0.1, -0.05) is 0 Å². The summed E-state index contributed by atoms with van der Waals surface area (Å²) < 4.78 is 55.7. The van der Waals surface area contributed by atoms with Crippen molar-refractivity contribution in [3.63, 3.8) is 0 Å². The number of aromatic carboxylic acids is 1. The van der Waals surface area contributed by atoms with E-state index in [2.05, 4.69) is 10.4 Å². The van der Waals surface area contributed by atoms with E-state index in [-0.39, 0.29) is 36.1 Å². The van der Waals surface area contributed by atoms with E-state index in [1.165, 1.54) is 34.2 Å². The number of hydrogen-bond acceptors (Lipinski definition) is 11. The van der Waals surface area contributed by atoms with Gasteiger partial charge in [0.25, 0.3) is 5.91 Å². The summed E-state index contributed by atoms with van der Waals surface area (Å²) in [4.78, 5) is 25.5. The van der Waals surface area contributed by atoms with E-state index in [9.17, 15) is 36.9 Å². The molecule has 0 fully saturated rings. The topological polar surface area (TPSA) is 207 Å². The Morgan fingerprint density at radius 2 is 1.47 bits per heavy atom. The number of nitrogens with one attached hydrogen (secondary N) is 1. The Labute approximate surface area is 210 Å². The molecule has 1 unspecified atom stereocenters. The number of nitrogens with zero attached hydrogens (tertiary/aromatic N) is 3. The molecule has 0 saturated carbocycles. The van der Waals surface area contributed by atoms with Gasteiger partial charge in [-0.2, -0.15) is 10.1 Å². The van der Waals surface area contributed by atoms with Crippen molar-refractivity contribution in [2.24, 2.45) is 5.10 Å². The molecule has 198 valence electrons. The molecule has 1 aliphatic rings. The standard InChI is InChI=1S/C21H28N4O9S2/c1-14-19(20(26)25(23-14)18-6-2-15(3-7-18)21(27)28)22-16-4-8-17(9-5-16)24(10-12-35(29,30)31)11-13-36(32,33)34/h2-9,19,22,29-34H,10-13H2,1H3,(H,27,28). The lowest BCUT2D eigenvalue weighted by Gasteiger charge is -2.30. The monoisotopic (exact) mass is 544 g/mol. The summed E-state index contributed by atoms with van der Waals surface area (Å²) in [5.74, 6) is -2.20. The average Bonchev–Trinajstić information content (AvgIpc) is 3.07. The van der Waals surface area contributed by atoms with E-state index in [0.29, 0.717) is 22.8 Å². The molecule has 0 radical (unpaired) electrons. The molecule has 0 aromatic heterocycles. The van der Waals surface area contributed by atoms with Gasteiger partial charge in [-0.15, -0.1) is 0 Å². The number of rotatable bonds is 11. The van der Waals surface area contributed by atoms with Gasteiger partial charge in [0.15, 0.2) is 0 Å². The van der Waals surface area contributed by atoms with Crippen LogP contribution < -0.4 is 15.2 Å². The molecule has 0 aliphatic carbocycles. The zero-order valence-electron chi connectivity index (χ0n) is 19.1. The lowest BCUT2D eigenvalue weighted by Crippen LogP contribution is -2.37. The number of carbonyl (C=O) groups excluding carboxylic acids is 1. The number of carboxylic acids is 1. The summed E-state index contributed by atoms with van der Waals surface area (Å²) >= 11 is 0. The number of benzene rings is 2. The van der Waals surface area contributed by atoms with E-state index in [0.717, 1.165) is 0 Å². The van der Waals surface area contributed by atoms with Crippen LogP contribution in [0, 0.1) is 0 Å². The molecule has 1 atom stereocenters. The van der Waals surface area contributed by atoms with Crippen LogP contribution >= 0.6 is 21.7 Å². The quantitative estimate of drug-likeness (QED) is 0.204. The number of hydrogen-bond donors (Lipinski definition) is 8. The third kappa shape index (κ3) is 7.55. The number of carboxylic acid groups (broad SMARTS) is 1. The maximum Gasteiger partial charge on any atom is 0.335 e. The van der Waals surface area contributed by atoms with Crippen LogP contribution in [0.5, 0.6) is 0 Å². The van der Waals surface area contributed by atoms with Gasteiger partial charge in [-0.05, 0) is 55.5 Å². The SMILES string of the molecule is CC1=NN(c2ccc(C(=O)O)cc2)C(=O)C1Nc1ccc(N(CCS(O)(O)O)CCS(O)(O)O)cc1. The highest BCUT2D eigenvalue weighted by Gasteiger charge is 2.34. The summed E-state index contributed by atoms with van der Waals surface area (Å²) in [6.45, 7) is 1.60. The highest BCUT2D eigenvalue weighted by Crippen LogP contribution is 2.35. The Morgan fingerprint density at radius 1 is 0.944 bits per heavy atom. The van der Waals surface area contributed by atoms with Crippen LogP contribution in [0.2, 0.25) is 0 Å². The lowest BCUT2D eigenvalue weighted by atomic mass is 10.1. The van der Waals surface area contributed by atoms with Crippen LogP contribution in [-0.4, -0.2) is 80.6 Å². The number of amides is 1. The molecule has 0 bridgehead atoms. The van der Waals surface area contributed by atoms with Gasteiger partial charge in [0.1, 0.15) is 6.04 Å². The van der Waals surface area contributed by atoms with Gasteiger partial charge >= 0.3 is 5.97 Å². The van der Waals surface area contributed by atoms with Crippen LogP contribution in [0.1, 0.15) is 17.3 Å². The van der Waals surface area contributed by atoms with Crippen LogP contribution in [-0.2, 0) is 4.79 Å². The molecule has 36 heavy (non-hydrogen) atoms. The van der Waals surface area contributed by atoms with E-state index >= 15 is 0 Å². The predicted molar refractivity (Wildman–Crippen MR) is 141 cm³/mol. The van der Waals surface area contributed by atoms with Crippen LogP contribution in [0.25, 0.3) is 0 Å². The fourth-order valence-electron chi connectivity index (χ4n) is 3.43. The first kappa shape index (κ1) is 27.7. The normalized spacial score (nSPS) is 17.1. The second-order valence-corrected chi connectivity index (χ2v) is 11.4. The van der Waals surface area contributed by atoms with Gasteiger partial charge in [-0.25, -0.2) is 4.79 Å². The summed E-state index contributed by atoms with van der Waals surface area (Å²) in [6.07, 6.45) is 0. The fourth-order valence-corrected chi connectivity index (χ4v) is 4.36. The number of hydrazone groups is 1. The van der Waals surface area contributed by atoms with Crippen molar-refractivity contribution >= 4 is 56.4 Å². The van der Waals surface area contributed by atoms with Crippen molar-refractivity contribution in [2.75, 3.05) is 39.8 Å². The van der Waals surface area contributed by atoms with Crippen molar-refractivity contribution in [2.45, 2.75) is 13.0 Å². The predicted octanol–water partition coefficient (Wildman–Crippen LogP) is 3.84. The maximum atomic E-state index is 13.0. The first-order chi connectivity index (χ1) is 16.7. The molecule has 1 amide bonds. The molecule has 8 N–H and O–H groups in total. The fraction of sp³-hybridized carbons (Fsp3) is 0.286. The molecular formula is C21H28N4O9S2. The second-order valence-electron chi connectivity index (χ2n) is 8.03. The minimum absolute atomic E-state index is 0.0381. The maximum absolute atomic E-state index is 13.0. The van der Waals surface area contributed by atoms with Crippen molar-refractivity contribution in [3.05, 3.63) is 54.1 Å². The van der Waals surface area contributed by atoms with E-state index in [4.69, 9.17) is 5.11 Å². The Balaban J connectivity index is 1.70. The van der Waals surface area contributed by atoms with Gasteiger partial charge in [0.05, 0.1) is 50.2 Å². The minimum atomic E-state index is -3.77. The Morgan fingerprint density at radius 3 is 1.94 bits per heavy atom. The van der Waals surface area contributed by atoms with Crippen LogP contribution in [0.15, 0.2) is 53.6 Å². The molecular weight excluding hydrogens is 516 g/mol. The Kier molecular flexibility index (Phi) is 8.48. The molecule has 2 aromatic rings. The number of carbonyl (C=O) groups is 2. The van der Waals surface area contributed by atoms with Crippen molar-refractivity contribution < 1.29 is 42.0 Å². The summed E-state index contributed by atoms with van der Waals surface area (Å²) in [6, 6.07) is 11.6. The lowest BCUT2D eigenvalue weighted by molar-refractivity contribution is -0.117. The van der Waals surface area contributed by atoms with Crippen LogP contribution in [0.4, 0.5) is 17.1 Å². The highest BCUT2D eigenvalue weighted by molar-refractivity contribution is 8.19. The zero-order valence-corrected chi connectivity index (χ0v) is 20.8. The molecule has 13 nitrogen and oxygen atoms in total. The molecule has 15 heteroatoms. The first-order valence-electron chi connectivity index (χ1n) is 10.5. The molecule has 0 saturated heterocycles. The molecule has 0 spiro atoms. The summed E-state index contributed by atoms with van der Waals surface area (Å²) in [7, 11) is -7.54.